The van der Waals surface area contributed by atoms with E-state index in [1.807, 2.05) is 0 Å². The first-order chi connectivity index (χ1) is 7.67. The molecular formula is C13H17ClFN. The molecule has 0 amide bonds. The maximum atomic E-state index is 13.1. The zero-order valence-electron chi connectivity index (χ0n) is 9.47. The number of anilines is 1. The first-order valence-electron chi connectivity index (χ1n) is 5.90. The Bertz CT molecular complexity index is 347. The van der Waals surface area contributed by atoms with E-state index in [-0.39, 0.29) is 5.82 Å². The Hall–Kier alpha value is -0.760. The monoisotopic (exact) mass is 241 g/mol. The Kier molecular flexibility index (Phi) is 3.70. The lowest BCUT2D eigenvalue weighted by Crippen LogP contribution is -2.15. The van der Waals surface area contributed by atoms with Crippen LogP contribution in [0.3, 0.4) is 0 Å². The van der Waals surface area contributed by atoms with Crippen molar-refractivity contribution in [3.8, 4) is 0 Å². The van der Waals surface area contributed by atoms with Crippen LogP contribution in [0.25, 0.3) is 0 Å². The van der Waals surface area contributed by atoms with Gasteiger partial charge in [0, 0.05) is 16.8 Å². The van der Waals surface area contributed by atoms with Crippen LogP contribution in [0.2, 0.25) is 5.02 Å². The van der Waals surface area contributed by atoms with Gasteiger partial charge in [-0.15, -0.1) is 0 Å². The molecule has 1 aliphatic carbocycles. The quantitative estimate of drug-likeness (QED) is 0.823. The van der Waals surface area contributed by atoms with E-state index >= 15 is 0 Å². The van der Waals surface area contributed by atoms with E-state index in [0.29, 0.717) is 11.1 Å². The Balaban J connectivity index is 1.99. The summed E-state index contributed by atoms with van der Waals surface area (Å²) in [5.41, 5.74) is 0.798. The Morgan fingerprint density at radius 1 is 1.38 bits per heavy atom. The third-order valence-electron chi connectivity index (χ3n) is 3.35. The first kappa shape index (κ1) is 11.7. The molecule has 0 aromatic heterocycles. The summed E-state index contributed by atoms with van der Waals surface area (Å²) in [6.07, 6.45) is 4.87. The molecule has 1 aliphatic rings. The number of hydrogen-bond acceptors (Lipinski definition) is 1. The first-order valence-corrected chi connectivity index (χ1v) is 6.28. The molecule has 1 aromatic carbocycles. The van der Waals surface area contributed by atoms with Crippen molar-refractivity contribution >= 4 is 17.3 Å². The van der Waals surface area contributed by atoms with Crippen molar-refractivity contribution in [2.45, 2.75) is 38.6 Å². The molecule has 1 fully saturated rings. The predicted molar refractivity (Wildman–Crippen MR) is 66.5 cm³/mol. The molecule has 2 unspecified atom stereocenters. The summed E-state index contributed by atoms with van der Waals surface area (Å²) in [5, 5.41) is 3.81. The van der Waals surface area contributed by atoms with Crippen LogP contribution in [0.1, 0.15) is 32.6 Å². The van der Waals surface area contributed by atoms with Gasteiger partial charge >= 0.3 is 0 Å². The average molecular weight is 242 g/mol. The van der Waals surface area contributed by atoms with E-state index < -0.39 is 0 Å². The molecule has 0 radical (unpaired) electrons. The standard InChI is InChI=1S/C13H17ClFN/c1-2-9-3-4-12(5-9)16-13-7-10(14)6-11(15)8-13/h6-9,12,16H,2-5H2,1H3. The van der Waals surface area contributed by atoms with Gasteiger partial charge in [-0.25, -0.2) is 4.39 Å². The highest BCUT2D eigenvalue weighted by Crippen LogP contribution is 2.30. The molecule has 0 aliphatic heterocycles. The van der Waals surface area contributed by atoms with Crippen molar-refractivity contribution in [3.63, 3.8) is 0 Å². The molecule has 0 heterocycles. The molecule has 3 heteroatoms. The van der Waals surface area contributed by atoms with E-state index in [1.54, 1.807) is 6.07 Å². The molecule has 0 bridgehead atoms. The van der Waals surface area contributed by atoms with Crippen LogP contribution in [-0.4, -0.2) is 6.04 Å². The van der Waals surface area contributed by atoms with E-state index in [1.165, 1.54) is 37.8 Å². The van der Waals surface area contributed by atoms with Crippen molar-refractivity contribution in [3.05, 3.63) is 29.0 Å². The van der Waals surface area contributed by atoms with Crippen molar-refractivity contribution in [2.75, 3.05) is 5.32 Å². The van der Waals surface area contributed by atoms with Crippen LogP contribution in [0.4, 0.5) is 10.1 Å². The molecular weight excluding hydrogens is 225 g/mol. The molecule has 1 aromatic rings. The summed E-state index contributed by atoms with van der Waals surface area (Å²) in [6.45, 7) is 2.23. The van der Waals surface area contributed by atoms with Crippen molar-refractivity contribution < 1.29 is 4.39 Å². The van der Waals surface area contributed by atoms with Gasteiger partial charge in [0.25, 0.3) is 0 Å². The average Bonchev–Trinajstić information content (AvgIpc) is 2.64. The minimum atomic E-state index is -0.278. The van der Waals surface area contributed by atoms with E-state index in [4.69, 9.17) is 11.6 Å². The van der Waals surface area contributed by atoms with Crippen LogP contribution >= 0.6 is 11.6 Å². The maximum Gasteiger partial charge on any atom is 0.126 e. The fraction of sp³-hybridized carbons (Fsp3) is 0.538. The Morgan fingerprint density at radius 2 is 2.19 bits per heavy atom. The van der Waals surface area contributed by atoms with Gasteiger partial charge in [-0.3, -0.25) is 0 Å². The molecule has 0 spiro atoms. The summed E-state index contributed by atoms with van der Waals surface area (Å²) in [6, 6.07) is 5.09. The summed E-state index contributed by atoms with van der Waals surface area (Å²) < 4.78 is 13.1. The highest BCUT2D eigenvalue weighted by molar-refractivity contribution is 6.30. The minimum absolute atomic E-state index is 0.278. The SMILES string of the molecule is CCC1CCC(Nc2cc(F)cc(Cl)c2)C1. The second kappa shape index (κ2) is 5.05. The van der Waals surface area contributed by atoms with Crippen molar-refractivity contribution in [1.82, 2.24) is 0 Å². The summed E-state index contributed by atoms with van der Waals surface area (Å²) in [7, 11) is 0. The van der Waals surface area contributed by atoms with Gasteiger partial charge in [-0.2, -0.15) is 0 Å². The van der Waals surface area contributed by atoms with Crippen LogP contribution in [0.15, 0.2) is 18.2 Å². The second-order valence-corrected chi connectivity index (χ2v) is 5.02. The van der Waals surface area contributed by atoms with Gasteiger partial charge in [0.1, 0.15) is 5.82 Å². The molecule has 88 valence electrons. The molecule has 2 atom stereocenters. The Labute approximate surface area is 101 Å². The number of benzene rings is 1. The molecule has 16 heavy (non-hydrogen) atoms. The lowest BCUT2D eigenvalue weighted by molar-refractivity contribution is 0.525. The van der Waals surface area contributed by atoms with Gasteiger partial charge in [-0.1, -0.05) is 24.9 Å². The number of hydrogen-bond donors (Lipinski definition) is 1. The van der Waals surface area contributed by atoms with Gasteiger partial charge in [-0.05, 0) is 43.4 Å². The van der Waals surface area contributed by atoms with Crippen LogP contribution in [0, 0.1) is 11.7 Å². The minimum Gasteiger partial charge on any atom is -0.382 e. The highest BCUT2D eigenvalue weighted by atomic mass is 35.5. The van der Waals surface area contributed by atoms with E-state index in [0.717, 1.165) is 11.6 Å². The van der Waals surface area contributed by atoms with Gasteiger partial charge in [0.05, 0.1) is 0 Å². The lowest BCUT2D eigenvalue weighted by atomic mass is 10.1. The van der Waals surface area contributed by atoms with E-state index in [2.05, 4.69) is 12.2 Å². The number of rotatable bonds is 3. The fourth-order valence-corrected chi connectivity index (χ4v) is 2.67. The normalized spacial score (nSPS) is 24.7. The summed E-state index contributed by atoms with van der Waals surface area (Å²) >= 11 is 5.81. The molecule has 2 rings (SSSR count). The van der Waals surface area contributed by atoms with Crippen LogP contribution in [-0.2, 0) is 0 Å². The zero-order chi connectivity index (χ0) is 11.5. The van der Waals surface area contributed by atoms with Crippen LogP contribution < -0.4 is 5.32 Å². The largest absolute Gasteiger partial charge is 0.382 e. The lowest BCUT2D eigenvalue weighted by Gasteiger charge is -2.14. The topological polar surface area (TPSA) is 12.0 Å². The smallest absolute Gasteiger partial charge is 0.126 e. The van der Waals surface area contributed by atoms with Gasteiger partial charge in [0.2, 0.25) is 0 Å². The highest BCUT2D eigenvalue weighted by Gasteiger charge is 2.23. The second-order valence-electron chi connectivity index (χ2n) is 4.59. The fourth-order valence-electron chi connectivity index (χ4n) is 2.45. The number of nitrogens with one attached hydrogen (secondary N) is 1. The van der Waals surface area contributed by atoms with Gasteiger partial charge < -0.3 is 5.32 Å². The molecule has 0 saturated heterocycles. The molecule has 1 nitrogen and oxygen atoms in total. The molecule has 1 saturated carbocycles. The van der Waals surface area contributed by atoms with Crippen molar-refractivity contribution in [1.29, 1.82) is 0 Å². The third kappa shape index (κ3) is 2.88. The zero-order valence-corrected chi connectivity index (χ0v) is 10.2. The predicted octanol–water partition coefficient (Wildman–Crippen LogP) is 4.47. The number of halogens is 2. The summed E-state index contributed by atoms with van der Waals surface area (Å²) in [4.78, 5) is 0. The van der Waals surface area contributed by atoms with Crippen LogP contribution in [0.5, 0.6) is 0 Å². The third-order valence-corrected chi connectivity index (χ3v) is 3.57. The maximum absolute atomic E-state index is 13.1. The van der Waals surface area contributed by atoms with E-state index in [9.17, 15) is 4.39 Å². The van der Waals surface area contributed by atoms with Crippen molar-refractivity contribution in [2.24, 2.45) is 5.92 Å². The van der Waals surface area contributed by atoms with Gasteiger partial charge in [0.15, 0.2) is 0 Å². The Morgan fingerprint density at radius 3 is 2.81 bits per heavy atom. The molecule has 1 N–H and O–H groups in total. The summed E-state index contributed by atoms with van der Waals surface area (Å²) in [5.74, 6) is 0.543.